The van der Waals surface area contributed by atoms with Crippen LogP contribution in [-0.2, 0) is 6.54 Å². The number of piperazine rings is 1. The fraction of sp³-hybridized carbons (Fsp3) is 0.318. The Morgan fingerprint density at radius 3 is 2.50 bits per heavy atom. The zero-order valence-electron chi connectivity index (χ0n) is 17.1. The zero-order valence-corrected chi connectivity index (χ0v) is 17.1. The number of para-hydroxylation sites is 1. The first-order chi connectivity index (χ1) is 14.6. The highest BCUT2D eigenvalue weighted by Gasteiger charge is 2.23. The predicted octanol–water partition coefficient (Wildman–Crippen LogP) is 1.90. The van der Waals surface area contributed by atoms with Crippen LogP contribution in [-0.4, -0.2) is 66.1 Å². The van der Waals surface area contributed by atoms with Crippen molar-refractivity contribution < 1.29 is 14.3 Å². The number of amides is 1. The quantitative estimate of drug-likeness (QED) is 0.694. The topological polar surface area (TPSA) is 87.8 Å². The number of rotatable bonds is 5. The molecular formula is C22H24N4O4. The Hall–Kier alpha value is -3.39. The van der Waals surface area contributed by atoms with Crippen LogP contribution in [0.15, 0.2) is 47.3 Å². The average molecular weight is 408 g/mol. The van der Waals surface area contributed by atoms with Crippen molar-refractivity contribution in [1.82, 2.24) is 19.8 Å². The monoisotopic (exact) mass is 408 g/mol. The normalized spacial score (nSPS) is 14.7. The summed E-state index contributed by atoms with van der Waals surface area (Å²) in [6.07, 6.45) is 0. The van der Waals surface area contributed by atoms with Gasteiger partial charge in [-0.3, -0.25) is 14.5 Å². The maximum atomic E-state index is 12.9. The summed E-state index contributed by atoms with van der Waals surface area (Å²) in [5.74, 6) is 1.73. The van der Waals surface area contributed by atoms with Crippen molar-refractivity contribution in [1.29, 1.82) is 0 Å². The lowest BCUT2D eigenvalue weighted by atomic mass is 10.1. The van der Waals surface area contributed by atoms with Gasteiger partial charge in [0.05, 0.1) is 31.7 Å². The van der Waals surface area contributed by atoms with Gasteiger partial charge in [0.2, 0.25) is 0 Å². The van der Waals surface area contributed by atoms with Crippen molar-refractivity contribution >= 4 is 16.8 Å². The number of aromatic amines is 1. The summed E-state index contributed by atoms with van der Waals surface area (Å²) in [5.41, 5.74) is 1.14. The van der Waals surface area contributed by atoms with Gasteiger partial charge in [0.1, 0.15) is 5.82 Å². The lowest BCUT2D eigenvalue weighted by Gasteiger charge is -2.34. The molecule has 0 bridgehead atoms. The van der Waals surface area contributed by atoms with Gasteiger partial charge in [-0.15, -0.1) is 0 Å². The van der Waals surface area contributed by atoms with E-state index in [9.17, 15) is 9.59 Å². The van der Waals surface area contributed by atoms with Crippen LogP contribution in [0.5, 0.6) is 11.5 Å². The molecule has 0 saturated carbocycles. The smallest absolute Gasteiger partial charge is 0.258 e. The summed E-state index contributed by atoms with van der Waals surface area (Å²) in [5, 5.41) is 0.589. The first-order valence-corrected chi connectivity index (χ1v) is 9.80. The Kier molecular flexibility index (Phi) is 5.67. The van der Waals surface area contributed by atoms with Gasteiger partial charge in [-0.2, -0.15) is 0 Å². The molecular weight excluding hydrogens is 384 g/mol. The number of H-pyrrole nitrogens is 1. The van der Waals surface area contributed by atoms with Crippen LogP contribution in [0.25, 0.3) is 10.9 Å². The fourth-order valence-corrected chi connectivity index (χ4v) is 3.68. The Morgan fingerprint density at radius 2 is 1.77 bits per heavy atom. The minimum atomic E-state index is -0.127. The number of hydrogen-bond donors (Lipinski definition) is 1. The van der Waals surface area contributed by atoms with E-state index in [4.69, 9.17) is 9.47 Å². The van der Waals surface area contributed by atoms with Crippen molar-refractivity contribution in [3.8, 4) is 11.5 Å². The second-order valence-corrected chi connectivity index (χ2v) is 7.17. The Morgan fingerprint density at radius 1 is 1.03 bits per heavy atom. The molecule has 1 aromatic heterocycles. The third-order valence-electron chi connectivity index (χ3n) is 5.33. The number of benzene rings is 2. The Bertz CT molecular complexity index is 1120. The number of aromatic nitrogens is 2. The molecule has 3 aromatic rings. The van der Waals surface area contributed by atoms with Crippen LogP contribution in [0.2, 0.25) is 0 Å². The molecule has 0 atom stereocenters. The second-order valence-electron chi connectivity index (χ2n) is 7.17. The summed E-state index contributed by atoms with van der Waals surface area (Å²) in [6.45, 7) is 3.15. The van der Waals surface area contributed by atoms with E-state index in [-0.39, 0.29) is 11.5 Å². The Balaban J connectivity index is 1.40. The number of carbonyl (C=O) groups excluding carboxylic acids is 1. The molecule has 8 heteroatoms. The van der Waals surface area contributed by atoms with E-state index < -0.39 is 0 Å². The number of ether oxygens (including phenoxy) is 2. The van der Waals surface area contributed by atoms with Crippen molar-refractivity contribution in [2.75, 3.05) is 40.4 Å². The molecule has 4 rings (SSSR count). The van der Waals surface area contributed by atoms with Crippen LogP contribution in [0.3, 0.4) is 0 Å². The maximum Gasteiger partial charge on any atom is 0.258 e. The number of carbonyl (C=O) groups is 1. The summed E-state index contributed by atoms with van der Waals surface area (Å²) in [6, 6.07) is 12.5. The Labute approximate surface area is 174 Å². The van der Waals surface area contributed by atoms with Gasteiger partial charge in [0, 0.05) is 31.7 Å². The summed E-state index contributed by atoms with van der Waals surface area (Å²) >= 11 is 0. The maximum absolute atomic E-state index is 12.9. The first-order valence-electron chi connectivity index (χ1n) is 9.80. The predicted molar refractivity (Wildman–Crippen MR) is 113 cm³/mol. The van der Waals surface area contributed by atoms with E-state index >= 15 is 0 Å². The molecule has 0 spiro atoms. The highest BCUT2D eigenvalue weighted by Crippen LogP contribution is 2.28. The van der Waals surface area contributed by atoms with E-state index in [1.54, 1.807) is 38.5 Å². The molecule has 0 radical (unpaired) electrons. The SMILES string of the molecule is COc1ccc(C(=O)N2CCN(Cc3nc4ccccc4c(=O)[nH]3)CC2)cc1OC. The van der Waals surface area contributed by atoms with Crippen molar-refractivity contribution in [2.24, 2.45) is 0 Å². The molecule has 0 unspecified atom stereocenters. The van der Waals surface area contributed by atoms with Crippen LogP contribution in [0, 0.1) is 0 Å². The standard InChI is InChI=1S/C22H24N4O4/c1-29-18-8-7-15(13-19(18)30-2)22(28)26-11-9-25(10-12-26)14-20-23-17-6-4-3-5-16(17)21(27)24-20/h3-8,13H,9-12,14H2,1-2H3,(H,23,24,27). The van der Waals surface area contributed by atoms with Gasteiger partial charge in [-0.25, -0.2) is 4.98 Å². The van der Waals surface area contributed by atoms with Crippen molar-refractivity contribution in [3.63, 3.8) is 0 Å². The van der Waals surface area contributed by atoms with Gasteiger partial charge in [-0.05, 0) is 30.3 Å². The van der Waals surface area contributed by atoms with E-state index in [0.717, 1.165) is 0 Å². The van der Waals surface area contributed by atoms with Gasteiger partial charge in [0.15, 0.2) is 11.5 Å². The van der Waals surface area contributed by atoms with E-state index in [1.807, 2.05) is 23.1 Å². The van der Waals surface area contributed by atoms with Crippen molar-refractivity contribution in [2.45, 2.75) is 6.54 Å². The number of nitrogens with zero attached hydrogens (tertiary/aromatic N) is 3. The molecule has 2 heterocycles. The molecule has 1 N–H and O–H groups in total. The molecule has 1 fully saturated rings. The van der Waals surface area contributed by atoms with Gasteiger partial charge in [-0.1, -0.05) is 12.1 Å². The minimum absolute atomic E-state index is 0.0344. The highest BCUT2D eigenvalue weighted by molar-refractivity contribution is 5.95. The fourth-order valence-electron chi connectivity index (χ4n) is 3.68. The first kappa shape index (κ1) is 19.9. The minimum Gasteiger partial charge on any atom is -0.493 e. The number of methoxy groups -OCH3 is 2. The molecule has 0 aliphatic carbocycles. The molecule has 1 aliphatic heterocycles. The van der Waals surface area contributed by atoms with Crippen LogP contribution in [0.1, 0.15) is 16.2 Å². The van der Waals surface area contributed by atoms with Gasteiger partial charge < -0.3 is 19.4 Å². The third kappa shape index (κ3) is 3.99. The molecule has 1 aliphatic rings. The molecule has 1 saturated heterocycles. The largest absolute Gasteiger partial charge is 0.493 e. The number of nitrogens with one attached hydrogen (secondary N) is 1. The summed E-state index contributed by atoms with van der Waals surface area (Å²) in [4.78, 5) is 36.6. The highest BCUT2D eigenvalue weighted by atomic mass is 16.5. The average Bonchev–Trinajstić information content (AvgIpc) is 2.78. The summed E-state index contributed by atoms with van der Waals surface area (Å²) in [7, 11) is 3.12. The molecule has 2 aromatic carbocycles. The van der Waals surface area contributed by atoms with Crippen LogP contribution >= 0.6 is 0 Å². The molecule has 8 nitrogen and oxygen atoms in total. The van der Waals surface area contributed by atoms with Crippen LogP contribution in [0.4, 0.5) is 0 Å². The second kappa shape index (κ2) is 8.54. The summed E-state index contributed by atoms with van der Waals surface area (Å²) < 4.78 is 10.5. The lowest BCUT2D eigenvalue weighted by molar-refractivity contribution is 0.0625. The number of hydrogen-bond acceptors (Lipinski definition) is 6. The van der Waals surface area contributed by atoms with Gasteiger partial charge in [0.25, 0.3) is 11.5 Å². The molecule has 30 heavy (non-hydrogen) atoms. The van der Waals surface area contributed by atoms with Gasteiger partial charge >= 0.3 is 0 Å². The third-order valence-corrected chi connectivity index (χ3v) is 5.33. The van der Waals surface area contributed by atoms with E-state index in [1.165, 1.54) is 0 Å². The molecule has 156 valence electrons. The number of fused-ring (bicyclic) bond motifs is 1. The molecule has 1 amide bonds. The lowest BCUT2D eigenvalue weighted by Crippen LogP contribution is -2.48. The van der Waals surface area contributed by atoms with E-state index in [2.05, 4.69) is 14.9 Å². The zero-order chi connectivity index (χ0) is 21.1. The van der Waals surface area contributed by atoms with Crippen LogP contribution < -0.4 is 15.0 Å². The van der Waals surface area contributed by atoms with E-state index in [0.29, 0.717) is 66.5 Å². The van der Waals surface area contributed by atoms with Crippen molar-refractivity contribution in [3.05, 3.63) is 64.2 Å².